The fraction of sp³-hybridized carbons (Fsp3) is 0.130. The number of rotatable bonds is 3. The Bertz CT molecular complexity index is 1260. The summed E-state index contributed by atoms with van der Waals surface area (Å²) in [6.07, 6.45) is 3.63. The molecule has 0 spiro atoms. The van der Waals surface area contributed by atoms with Crippen molar-refractivity contribution >= 4 is 16.7 Å². The van der Waals surface area contributed by atoms with Gasteiger partial charge in [0.1, 0.15) is 11.6 Å². The van der Waals surface area contributed by atoms with Crippen LogP contribution in [0.2, 0.25) is 0 Å². The molecule has 1 atom stereocenters. The SMILES string of the molecule is CC1CC(=O)c2c(Oc3nc(-c4cccnc4)nc4ccccc34)ccc(F)c21. The van der Waals surface area contributed by atoms with E-state index in [-0.39, 0.29) is 23.9 Å². The molecule has 0 bridgehead atoms. The molecule has 0 radical (unpaired) electrons. The van der Waals surface area contributed by atoms with Crippen LogP contribution in [0, 0.1) is 5.82 Å². The van der Waals surface area contributed by atoms with Crippen molar-refractivity contribution in [3.8, 4) is 23.0 Å². The highest BCUT2D eigenvalue weighted by molar-refractivity contribution is 6.04. The highest BCUT2D eigenvalue weighted by atomic mass is 19.1. The Morgan fingerprint density at radius 1 is 1.07 bits per heavy atom. The van der Waals surface area contributed by atoms with Crippen LogP contribution >= 0.6 is 0 Å². The molecule has 4 aromatic rings. The second-order valence-corrected chi connectivity index (χ2v) is 7.08. The van der Waals surface area contributed by atoms with Gasteiger partial charge in [-0.1, -0.05) is 19.1 Å². The summed E-state index contributed by atoms with van der Waals surface area (Å²) in [4.78, 5) is 25.8. The van der Waals surface area contributed by atoms with Gasteiger partial charge in [-0.2, -0.15) is 4.98 Å². The van der Waals surface area contributed by atoms with Crippen molar-refractivity contribution < 1.29 is 13.9 Å². The number of ketones is 1. The molecule has 0 saturated carbocycles. The lowest BCUT2D eigenvalue weighted by Crippen LogP contribution is -2.01. The van der Waals surface area contributed by atoms with Crippen LogP contribution in [0.25, 0.3) is 22.3 Å². The first-order chi connectivity index (χ1) is 14.1. The first-order valence-electron chi connectivity index (χ1n) is 9.32. The fourth-order valence-electron chi connectivity index (χ4n) is 3.76. The maximum atomic E-state index is 14.3. The Morgan fingerprint density at radius 2 is 1.93 bits per heavy atom. The van der Waals surface area contributed by atoms with Crippen LogP contribution in [-0.4, -0.2) is 20.7 Å². The lowest BCUT2D eigenvalue weighted by atomic mass is 10.0. The van der Waals surface area contributed by atoms with Gasteiger partial charge in [-0.15, -0.1) is 0 Å². The van der Waals surface area contributed by atoms with E-state index in [1.54, 1.807) is 18.5 Å². The molecule has 0 fully saturated rings. The van der Waals surface area contributed by atoms with Crippen LogP contribution in [0.5, 0.6) is 11.6 Å². The van der Waals surface area contributed by atoms with E-state index in [0.717, 1.165) is 5.56 Å². The lowest BCUT2D eigenvalue weighted by molar-refractivity contribution is 0.0988. The number of para-hydroxylation sites is 1. The van der Waals surface area contributed by atoms with Crippen LogP contribution in [0.15, 0.2) is 60.9 Å². The van der Waals surface area contributed by atoms with E-state index in [1.807, 2.05) is 37.3 Å². The number of benzene rings is 2. The number of fused-ring (bicyclic) bond motifs is 2. The summed E-state index contributed by atoms with van der Waals surface area (Å²) in [5.41, 5.74) is 2.17. The molecule has 0 saturated heterocycles. The summed E-state index contributed by atoms with van der Waals surface area (Å²) in [5.74, 6) is 0.425. The number of ether oxygens (including phenoxy) is 1. The third-order valence-electron chi connectivity index (χ3n) is 5.11. The van der Waals surface area contributed by atoms with Gasteiger partial charge in [0, 0.05) is 29.9 Å². The van der Waals surface area contributed by atoms with E-state index in [0.29, 0.717) is 39.5 Å². The number of Topliss-reactive ketones (excluding diaryl/α,β-unsaturated/α-hetero) is 1. The molecule has 5 rings (SSSR count). The Kier molecular flexibility index (Phi) is 4.05. The van der Waals surface area contributed by atoms with Crippen LogP contribution in [0.4, 0.5) is 4.39 Å². The van der Waals surface area contributed by atoms with Gasteiger partial charge in [-0.05, 0) is 42.3 Å². The zero-order chi connectivity index (χ0) is 20.0. The number of hydrogen-bond acceptors (Lipinski definition) is 5. The van der Waals surface area contributed by atoms with Crippen LogP contribution in [-0.2, 0) is 0 Å². The molecular formula is C23H16FN3O2. The normalized spacial score (nSPS) is 15.5. The van der Waals surface area contributed by atoms with Crippen LogP contribution < -0.4 is 4.74 Å². The molecule has 1 unspecified atom stereocenters. The highest BCUT2D eigenvalue weighted by Gasteiger charge is 2.33. The molecule has 2 aromatic heterocycles. The molecule has 0 amide bonds. The van der Waals surface area contributed by atoms with Crippen LogP contribution in [0.3, 0.4) is 0 Å². The predicted octanol–water partition coefficient (Wildman–Crippen LogP) is 5.31. The van der Waals surface area contributed by atoms with Crippen LogP contribution in [0.1, 0.15) is 35.2 Å². The van der Waals surface area contributed by atoms with Crippen molar-refractivity contribution in [1.82, 2.24) is 15.0 Å². The third-order valence-corrected chi connectivity index (χ3v) is 5.11. The second-order valence-electron chi connectivity index (χ2n) is 7.08. The van der Waals surface area contributed by atoms with Gasteiger partial charge in [0.15, 0.2) is 11.6 Å². The van der Waals surface area contributed by atoms with E-state index < -0.39 is 0 Å². The fourth-order valence-corrected chi connectivity index (χ4v) is 3.76. The summed E-state index contributed by atoms with van der Waals surface area (Å²) in [6.45, 7) is 1.84. The average Bonchev–Trinajstić information content (AvgIpc) is 3.05. The summed E-state index contributed by atoms with van der Waals surface area (Å²) in [5, 5.41) is 0.705. The Morgan fingerprint density at radius 3 is 2.76 bits per heavy atom. The topological polar surface area (TPSA) is 65.0 Å². The maximum absolute atomic E-state index is 14.3. The predicted molar refractivity (Wildman–Crippen MR) is 107 cm³/mol. The number of carbonyl (C=O) groups is 1. The second kappa shape index (κ2) is 6.74. The maximum Gasteiger partial charge on any atom is 0.230 e. The molecule has 2 heterocycles. The van der Waals surface area contributed by atoms with Gasteiger partial charge in [0.2, 0.25) is 5.88 Å². The molecule has 5 nitrogen and oxygen atoms in total. The number of hydrogen-bond donors (Lipinski definition) is 0. The number of carbonyl (C=O) groups excluding carboxylic acids is 1. The van der Waals surface area contributed by atoms with Gasteiger partial charge >= 0.3 is 0 Å². The summed E-state index contributed by atoms with van der Waals surface area (Å²) in [7, 11) is 0. The minimum atomic E-state index is -0.380. The molecule has 2 aromatic carbocycles. The van der Waals surface area contributed by atoms with Crippen molar-refractivity contribution in [2.24, 2.45) is 0 Å². The molecule has 6 heteroatoms. The highest BCUT2D eigenvalue weighted by Crippen LogP contribution is 2.41. The average molecular weight is 385 g/mol. The van der Waals surface area contributed by atoms with Crippen molar-refractivity contribution in [3.63, 3.8) is 0 Å². The van der Waals surface area contributed by atoms with E-state index in [2.05, 4.69) is 15.0 Å². The van der Waals surface area contributed by atoms with Crippen molar-refractivity contribution in [3.05, 3.63) is 77.9 Å². The summed E-state index contributed by atoms with van der Waals surface area (Å²) >= 11 is 0. The van der Waals surface area contributed by atoms with E-state index >= 15 is 0 Å². The zero-order valence-corrected chi connectivity index (χ0v) is 15.6. The number of pyridine rings is 1. The molecule has 0 N–H and O–H groups in total. The smallest absolute Gasteiger partial charge is 0.230 e. The van der Waals surface area contributed by atoms with Crippen molar-refractivity contribution in [2.45, 2.75) is 19.3 Å². The van der Waals surface area contributed by atoms with Gasteiger partial charge in [0.05, 0.1) is 16.5 Å². The molecule has 29 heavy (non-hydrogen) atoms. The molecule has 1 aliphatic carbocycles. The van der Waals surface area contributed by atoms with E-state index in [9.17, 15) is 9.18 Å². The monoisotopic (exact) mass is 385 g/mol. The Hall–Kier alpha value is -3.67. The summed E-state index contributed by atoms with van der Waals surface area (Å²) in [6, 6.07) is 14.0. The van der Waals surface area contributed by atoms with Gasteiger partial charge in [0.25, 0.3) is 0 Å². The Labute approximate surface area is 166 Å². The number of aromatic nitrogens is 3. The minimum absolute atomic E-state index is 0.118. The zero-order valence-electron chi connectivity index (χ0n) is 15.6. The standard InChI is InChI=1S/C23H16FN3O2/c1-13-11-18(28)21-19(9-8-16(24)20(13)21)29-23-15-6-2-3-7-17(15)26-22(27-23)14-5-4-10-25-12-14/h2-10,12-13H,11H2,1H3. The van der Waals surface area contributed by atoms with Crippen molar-refractivity contribution in [2.75, 3.05) is 0 Å². The summed E-state index contributed by atoms with van der Waals surface area (Å²) < 4.78 is 20.4. The molecule has 1 aliphatic rings. The minimum Gasteiger partial charge on any atom is -0.437 e. The molecule has 0 aliphatic heterocycles. The lowest BCUT2D eigenvalue weighted by Gasteiger charge is -2.13. The van der Waals surface area contributed by atoms with Gasteiger partial charge < -0.3 is 4.74 Å². The molecule has 142 valence electrons. The van der Waals surface area contributed by atoms with E-state index in [1.165, 1.54) is 12.1 Å². The Balaban J connectivity index is 1.68. The first-order valence-corrected chi connectivity index (χ1v) is 9.32. The number of halogens is 1. The van der Waals surface area contributed by atoms with Gasteiger partial charge in [-0.3, -0.25) is 9.78 Å². The molecular weight excluding hydrogens is 369 g/mol. The van der Waals surface area contributed by atoms with E-state index in [4.69, 9.17) is 4.74 Å². The largest absolute Gasteiger partial charge is 0.437 e. The number of nitrogens with zero attached hydrogens (tertiary/aromatic N) is 3. The van der Waals surface area contributed by atoms with Crippen molar-refractivity contribution in [1.29, 1.82) is 0 Å². The van der Waals surface area contributed by atoms with Gasteiger partial charge in [-0.25, -0.2) is 9.37 Å². The quantitative estimate of drug-likeness (QED) is 0.478. The third kappa shape index (κ3) is 2.93. The first kappa shape index (κ1) is 17.4.